The van der Waals surface area contributed by atoms with Crippen molar-refractivity contribution >= 4 is 11.6 Å². The largest absolute Gasteiger partial charge is 0.342 e. The number of aromatic nitrogens is 4. The van der Waals surface area contributed by atoms with Crippen molar-refractivity contribution in [3.8, 4) is 0 Å². The lowest BCUT2D eigenvalue weighted by atomic mass is 9.93. The van der Waals surface area contributed by atoms with Crippen LogP contribution in [0.2, 0.25) is 0 Å². The Morgan fingerprint density at radius 2 is 2.09 bits per heavy atom. The van der Waals surface area contributed by atoms with Gasteiger partial charge in [0.2, 0.25) is 5.91 Å². The summed E-state index contributed by atoms with van der Waals surface area (Å²) in [4.78, 5) is 39.3. The van der Waals surface area contributed by atoms with Crippen LogP contribution >= 0.6 is 0 Å². The van der Waals surface area contributed by atoms with Crippen molar-refractivity contribution in [1.82, 2.24) is 29.4 Å². The minimum absolute atomic E-state index is 0.0102. The number of fused-ring (bicyclic) bond motifs is 2. The maximum absolute atomic E-state index is 13.4. The van der Waals surface area contributed by atoms with Crippen LogP contribution < -0.4 is 5.56 Å². The van der Waals surface area contributed by atoms with Crippen molar-refractivity contribution in [1.29, 1.82) is 0 Å². The van der Waals surface area contributed by atoms with E-state index in [4.69, 9.17) is 4.98 Å². The van der Waals surface area contributed by atoms with Gasteiger partial charge in [-0.1, -0.05) is 13.8 Å². The Bertz CT molecular complexity index is 1200. The van der Waals surface area contributed by atoms with E-state index in [0.29, 0.717) is 18.7 Å². The van der Waals surface area contributed by atoms with Gasteiger partial charge >= 0.3 is 0 Å². The lowest BCUT2D eigenvalue weighted by Crippen LogP contribution is -2.41. The number of aromatic amines is 1. The van der Waals surface area contributed by atoms with E-state index >= 15 is 0 Å². The Kier molecular flexibility index (Phi) is 6.01. The predicted octanol–water partition coefficient (Wildman–Crippen LogP) is 2.73. The van der Waals surface area contributed by atoms with Gasteiger partial charge in [-0.05, 0) is 37.0 Å². The van der Waals surface area contributed by atoms with E-state index in [1.165, 1.54) is 5.56 Å². The van der Waals surface area contributed by atoms with Gasteiger partial charge in [0.05, 0.1) is 11.3 Å². The van der Waals surface area contributed by atoms with Gasteiger partial charge in [-0.25, -0.2) is 9.50 Å². The molecule has 0 aromatic carbocycles. The third-order valence-corrected chi connectivity index (χ3v) is 7.22. The highest BCUT2D eigenvalue weighted by Crippen LogP contribution is 2.28. The van der Waals surface area contributed by atoms with Gasteiger partial charge in [0.15, 0.2) is 5.65 Å². The van der Waals surface area contributed by atoms with Gasteiger partial charge in [0.1, 0.15) is 0 Å². The molecule has 1 N–H and O–H groups in total. The molecule has 0 spiro atoms. The summed E-state index contributed by atoms with van der Waals surface area (Å²) >= 11 is 0. The summed E-state index contributed by atoms with van der Waals surface area (Å²) in [6.45, 7) is 7.85. The van der Waals surface area contributed by atoms with Gasteiger partial charge < -0.3 is 4.90 Å². The number of nitrogens with one attached hydrogen (secondary N) is 1. The van der Waals surface area contributed by atoms with Crippen molar-refractivity contribution in [2.45, 2.75) is 58.5 Å². The lowest BCUT2D eigenvalue weighted by molar-refractivity contribution is -0.136. The highest BCUT2D eigenvalue weighted by molar-refractivity contribution is 5.78. The molecule has 5 heterocycles. The quantitative estimate of drug-likeness (QED) is 0.649. The maximum atomic E-state index is 13.4. The first-order valence-electron chi connectivity index (χ1n) is 12.1. The Labute approximate surface area is 193 Å². The second kappa shape index (κ2) is 9.09. The minimum atomic E-state index is -0.0102. The number of hydrogen-bond donors (Lipinski definition) is 1. The zero-order chi connectivity index (χ0) is 22.9. The summed E-state index contributed by atoms with van der Waals surface area (Å²) in [6, 6.07) is 6.04. The van der Waals surface area contributed by atoms with Crippen LogP contribution in [0.3, 0.4) is 0 Å². The van der Waals surface area contributed by atoms with Crippen molar-refractivity contribution < 1.29 is 4.79 Å². The molecule has 174 valence electrons. The van der Waals surface area contributed by atoms with E-state index in [1.807, 2.05) is 30.0 Å². The molecule has 8 nitrogen and oxygen atoms in total. The van der Waals surface area contributed by atoms with Crippen LogP contribution in [-0.4, -0.2) is 54.9 Å². The molecule has 8 heteroatoms. The highest BCUT2D eigenvalue weighted by atomic mass is 16.2. The molecule has 0 bridgehead atoms. The topological polar surface area (TPSA) is 86.6 Å². The maximum Gasteiger partial charge on any atom is 0.277 e. The molecule has 0 aliphatic carbocycles. The molecule has 0 unspecified atom stereocenters. The fourth-order valence-corrected chi connectivity index (χ4v) is 5.06. The fraction of sp³-hybridized carbons (Fsp3) is 0.520. The molecule has 33 heavy (non-hydrogen) atoms. The van der Waals surface area contributed by atoms with Crippen LogP contribution in [0.25, 0.3) is 5.65 Å². The number of pyridine rings is 1. The Balaban J connectivity index is 1.38. The summed E-state index contributed by atoms with van der Waals surface area (Å²) in [5.74, 6) is 0.490. The van der Waals surface area contributed by atoms with E-state index in [-0.39, 0.29) is 23.3 Å². The van der Waals surface area contributed by atoms with Crippen LogP contribution in [-0.2, 0) is 24.3 Å². The third kappa shape index (κ3) is 4.31. The Morgan fingerprint density at radius 3 is 2.88 bits per heavy atom. The standard InChI is InChI=1S/C25H32N6O2/c1-3-17(2)24(32)30-11-4-5-19(15-30)22-13-23-27-21-8-12-29(14-18-6-9-26-10-7-18)16-20(21)25(33)31(23)28-22/h6-7,9-10,13,17,19,28H,3-5,8,11-12,14-16H2,1-2H3/t17-,19-/m0/s1. The van der Waals surface area contributed by atoms with E-state index in [2.05, 4.69) is 21.9 Å². The predicted molar refractivity (Wildman–Crippen MR) is 126 cm³/mol. The number of carbonyl (C=O) groups excluding carboxylic acids is 1. The lowest BCUT2D eigenvalue weighted by Gasteiger charge is -2.33. The number of H-pyrrole nitrogens is 1. The first-order chi connectivity index (χ1) is 16.0. The molecule has 2 aliphatic rings. The van der Waals surface area contributed by atoms with Crippen molar-refractivity contribution in [3.05, 3.63) is 63.5 Å². The second-order valence-corrected chi connectivity index (χ2v) is 9.50. The summed E-state index contributed by atoms with van der Waals surface area (Å²) in [6.07, 6.45) is 7.21. The zero-order valence-electron chi connectivity index (χ0n) is 19.5. The van der Waals surface area contributed by atoms with Crippen LogP contribution in [0.15, 0.2) is 35.4 Å². The van der Waals surface area contributed by atoms with E-state index in [9.17, 15) is 9.59 Å². The average molecular weight is 449 g/mol. The molecular weight excluding hydrogens is 416 g/mol. The normalized spacial score (nSPS) is 20.1. The monoisotopic (exact) mass is 448 g/mol. The zero-order valence-corrected chi connectivity index (χ0v) is 19.5. The molecule has 2 aliphatic heterocycles. The fourth-order valence-electron chi connectivity index (χ4n) is 5.06. The Morgan fingerprint density at radius 1 is 1.27 bits per heavy atom. The number of piperidine rings is 1. The van der Waals surface area contributed by atoms with Crippen molar-refractivity contribution in [2.75, 3.05) is 19.6 Å². The number of carbonyl (C=O) groups is 1. The second-order valence-electron chi connectivity index (χ2n) is 9.50. The molecule has 0 radical (unpaired) electrons. The number of hydrogen-bond acceptors (Lipinski definition) is 5. The van der Waals surface area contributed by atoms with Gasteiger partial charge in [0.25, 0.3) is 5.56 Å². The van der Waals surface area contributed by atoms with Crippen LogP contribution in [0.4, 0.5) is 0 Å². The van der Waals surface area contributed by atoms with Crippen LogP contribution in [0.1, 0.15) is 61.5 Å². The molecule has 1 saturated heterocycles. The molecule has 3 aromatic rings. The first kappa shape index (κ1) is 21.8. The molecule has 3 aromatic heterocycles. The number of likely N-dealkylation sites (tertiary alicyclic amines) is 1. The molecule has 5 rings (SSSR count). The summed E-state index contributed by atoms with van der Waals surface area (Å²) in [7, 11) is 0. The van der Waals surface area contributed by atoms with E-state index in [1.54, 1.807) is 16.9 Å². The molecular formula is C25H32N6O2. The van der Waals surface area contributed by atoms with Gasteiger partial charge in [-0.15, -0.1) is 0 Å². The number of rotatable bonds is 5. The van der Waals surface area contributed by atoms with Gasteiger partial charge in [-0.2, -0.15) is 0 Å². The highest BCUT2D eigenvalue weighted by Gasteiger charge is 2.29. The molecule has 0 saturated carbocycles. The van der Waals surface area contributed by atoms with E-state index in [0.717, 1.165) is 62.3 Å². The molecule has 2 atom stereocenters. The first-order valence-corrected chi connectivity index (χ1v) is 12.1. The third-order valence-electron chi connectivity index (χ3n) is 7.22. The van der Waals surface area contributed by atoms with Crippen LogP contribution in [0.5, 0.6) is 0 Å². The van der Waals surface area contributed by atoms with Gasteiger partial charge in [-0.3, -0.25) is 24.6 Å². The smallest absolute Gasteiger partial charge is 0.277 e. The SMILES string of the molecule is CC[C@H](C)C(=O)N1CCC[C@H](c2cc3nc4c(c(=O)n3[nH]2)CN(Cc2ccncc2)CC4)C1. The molecule has 1 amide bonds. The van der Waals surface area contributed by atoms with Crippen molar-refractivity contribution in [3.63, 3.8) is 0 Å². The number of nitrogens with zero attached hydrogens (tertiary/aromatic N) is 5. The van der Waals surface area contributed by atoms with Crippen LogP contribution in [0, 0.1) is 5.92 Å². The van der Waals surface area contributed by atoms with Gasteiger partial charge in [0, 0.05) is 75.1 Å². The van der Waals surface area contributed by atoms with Crippen molar-refractivity contribution in [2.24, 2.45) is 5.92 Å². The minimum Gasteiger partial charge on any atom is -0.342 e. The molecule has 1 fully saturated rings. The summed E-state index contributed by atoms with van der Waals surface area (Å²) < 4.78 is 1.60. The summed E-state index contributed by atoms with van der Waals surface area (Å²) in [5.41, 5.74) is 4.55. The Hall–Kier alpha value is -3.00. The van der Waals surface area contributed by atoms with E-state index < -0.39 is 0 Å². The average Bonchev–Trinajstić information content (AvgIpc) is 3.29. The number of amides is 1. The summed E-state index contributed by atoms with van der Waals surface area (Å²) in [5, 5.41) is 3.33.